The molecule has 0 saturated carbocycles. The predicted octanol–water partition coefficient (Wildman–Crippen LogP) is 4.90. The monoisotopic (exact) mass is 510 g/mol. The minimum atomic E-state index is 0.170. The first-order valence-corrected chi connectivity index (χ1v) is 13.9. The normalized spacial score (nSPS) is 19.2. The number of ether oxygens (including phenoxy) is 1. The summed E-state index contributed by atoms with van der Waals surface area (Å²) in [6.45, 7) is 10.4. The third-order valence-electron chi connectivity index (χ3n) is 7.57. The van der Waals surface area contributed by atoms with E-state index in [4.69, 9.17) is 9.26 Å². The molecule has 2 saturated heterocycles. The molecule has 4 rings (SSSR count). The van der Waals surface area contributed by atoms with Crippen molar-refractivity contribution in [3.05, 3.63) is 41.7 Å². The number of aliphatic hydroxyl groups excluding tert-OH is 1. The van der Waals surface area contributed by atoms with Gasteiger partial charge in [0.25, 0.3) is 0 Å². The summed E-state index contributed by atoms with van der Waals surface area (Å²) in [6.07, 6.45) is 7.35. The minimum Gasteiger partial charge on any atom is -0.493 e. The second-order valence-corrected chi connectivity index (χ2v) is 10.7. The summed E-state index contributed by atoms with van der Waals surface area (Å²) in [5.41, 5.74) is 2.43. The maximum absolute atomic E-state index is 12.5. The highest BCUT2D eigenvalue weighted by atomic mass is 16.5. The van der Waals surface area contributed by atoms with Gasteiger partial charge >= 0.3 is 6.01 Å². The number of nitrogens with zero attached hydrogens (tertiary/aromatic N) is 4. The van der Waals surface area contributed by atoms with Crippen molar-refractivity contribution in [2.24, 2.45) is 11.8 Å². The van der Waals surface area contributed by atoms with Gasteiger partial charge in [-0.15, -0.1) is 0 Å². The third kappa shape index (κ3) is 7.34. The predicted molar refractivity (Wildman–Crippen MR) is 145 cm³/mol. The summed E-state index contributed by atoms with van der Waals surface area (Å²) in [4.78, 5) is 21.0. The standard InChI is InChI=1S/C29H42N4O4/c1-4-24(6-5-7-27(35)33-17-14-23(18-33)19-34)25-8-10-26(11-9-25)36-20-22-12-15-32(16-13-22)29-30-28(21(2)3)31-37-29/h6,8-11,21-23,34H,4-5,7,12-20H2,1-3H3/b24-6+/t23-/m1/s1. The van der Waals surface area contributed by atoms with E-state index in [0.717, 1.165) is 63.3 Å². The van der Waals surface area contributed by atoms with Gasteiger partial charge in [-0.05, 0) is 61.3 Å². The number of carbonyl (C=O) groups is 1. The van der Waals surface area contributed by atoms with E-state index in [1.165, 1.54) is 11.1 Å². The Hall–Kier alpha value is -2.87. The lowest BCUT2D eigenvalue weighted by Crippen LogP contribution is -2.35. The molecule has 1 atom stereocenters. The zero-order valence-corrected chi connectivity index (χ0v) is 22.6. The molecular formula is C29H42N4O4. The zero-order chi connectivity index (χ0) is 26.2. The molecule has 1 aromatic heterocycles. The van der Waals surface area contributed by atoms with Crippen molar-refractivity contribution in [2.75, 3.05) is 44.3 Å². The van der Waals surface area contributed by atoms with Gasteiger partial charge in [-0.3, -0.25) is 4.79 Å². The lowest BCUT2D eigenvalue weighted by molar-refractivity contribution is -0.130. The highest BCUT2D eigenvalue weighted by Gasteiger charge is 2.25. The first-order chi connectivity index (χ1) is 18.0. The molecule has 3 heterocycles. The largest absolute Gasteiger partial charge is 0.493 e. The number of aliphatic hydroxyl groups is 1. The van der Waals surface area contributed by atoms with Crippen LogP contribution in [0.15, 0.2) is 34.9 Å². The van der Waals surface area contributed by atoms with Gasteiger partial charge in [0.2, 0.25) is 5.91 Å². The number of carbonyl (C=O) groups excluding carboxylic acids is 1. The maximum atomic E-state index is 12.5. The van der Waals surface area contributed by atoms with E-state index in [2.05, 4.69) is 54.0 Å². The Balaban J connectivity index is 1.20. The Bertz CT molecular complexity index is 1020. The Kier molecular flexibility index (Phi) is 9.61. The molecule has 0 radical (unpaired) electrons. The number of likely N-dealkylation sites (tertiary alicyclic amines) is 1. The van der Waals surface area contributed by atoms with Gasteiger partial charge in [-0.2, -0.15) is 4.98 Å². The van der Waals surface area contributed by atoms with E-state index < -0.39 is 0 Å². The molecule has 0 aliphatic carbocycles. The van der Waals surface area contributed by atoms with Gasteiger partial charge in [-0.25, -0.2) is 0 Å². The molecule has 2 aromatic rings. The van der Waals surface area contributed by atoms with E-state index >= 15 is 0 Å². The zero-order valence-electron chi connectivity index (χ0n) is 22.6. The van der Waals surface area contributed by atoms with Crippen molar-refractivity contribution in [1.82, 2.24) is 15.0 Å². The minimum absolute atomic E-state index is 0.170. The van der Waals surface area contributed by atoms with Crippen LogP contribution in [0, 0.1) is 11.8 Å². The summed E-state index contributed by atoms with van der Waals surface area (Å²) in [7, 11) is 0. The fourth-order valence-corrected chi connectivity index (χ4v) is 5.06. The van der Waals surface area contributed by atoms with Crippen molar-refractivity contribution in [3.8, 4) is 5.75 Å². The fourth-order valence-electron chi connectivity index (χ4n) is 5.06. The van der Waals surface area contributed by atoms with E-state index in [1.54, 1.807) is 0 Å². The summed E-state index contributed by atoms with van der Waals surface area (Å²) >= 11 is 0. The van der Waals surface area contributed by atoms with Crippen LogP contribution in [0.25, 0.3) is 5.57 Å². The number of amides is 1. The Labute approximate surface area is 220 Å². The van der Waals surface area contributed by atoms with Crippen LogP contribution < -0.4 is 9.64 Å². The van der Waals surface area contributed by atoms with Crippen LogP contribution in [0.4, 0.5) is 6.01 Å². The van der Waals surface area contributed by atoms with Gasteiger partial charge in [0, 0.05) is 51.0 Å². The third-order valence-corrected chi connectivity index (χ3v) is 7.57. The van der Waals surface area contributed by atoms with Crippen molar-refractivity contribution in [1.29, 1.82) is 0 Å². The number of piperidine rings is 1. The smallest absolute Gasteiger partial charge is 0.324 e. The molecule has 0 unspecified atom stereocenters. The molecular weight excluding hydrogens is 468 g/mol. The van der Waals surface area contributed by atoms with E-state index in [0.29, 0.717) is 31.5 Å². The Morgan fingerprint density at radius 1 is 1.16 bits per heavy atom. The highest BCUT2D eigenvalue weighted by Crippen LogP contribution is 2.26. The average molecular weight is 511 g/mol. The van der Waals surface area contributed by atoms with Crippen LogP contribution in [0.3, 0.4) is 0 Å². The molecule has 2 aliphatic rings. The molecule has 37 heavy (non-hydrogen) atoms. The van der Waals surface area contributed by atoms with Gasteiger partial charge in [0.1, 0.15) is 5.75 Å². The topological polar surface area (TPSA) is 91.9 Å². The van der Waals surface area contributed by atoms with Crippen molar-refractivity contribution in [3.63, 3.8) is 0 Å². The van der Waals surface area contributed by atoms with Crippen LogP contribution in [-0.2, 0) is 4.79 Å². The van der Waals surface area contributed by atoms with E-state index in [1.807, 2.05) is 17.0 Å². The molecule has 0 bridgehead atoms. The van der Waals surface area contributed by atoms with Gasteiger partial charge < -0.3 is 24.2 Å². The Morgan fingerprint density at radius 3 is 2.51 bits per heavy atom. The second-order valence-electron chi connectivity index (χ2n) is 10.7. The first kappa shape index (κ1) is 27.2. The van der Waals surface area contributed by atoms with Crippen molar-refractivity contribution < 1.29 is 19.2 Å². The molecule has 1 N–H and O–H groups in total. The summed E-state index contributed by atoms with van der Waals surface area (Å²) in [5.74, 6) is 2.86. The number of aromatic nitrogens is 2. The fraction of sp³-hybridized carbons (Fsp3) is 0.621. The number of benzene rings is 1. The van der Waals surface area contributed by atoms with Crippen LogP contribution in [0.5, 0.6) is 5.75 Å². The number of hydrogen-bond donors (Lipinski definition) is 1. The van der Waals surface area contributed by atoms with E-state index in [-0.39, 0.29) is 24.3 Å². The summed E-state index contributed by atoms with van der Waals surface area (Å²) < 4.78 is 11.6. The van der Waals surface area contributed by atoms with Crippen LogP contribution >= 0.6 is 0 Å². The van der Waals surface area contributed by atoms with Crippen LogP contribution in [0.2, 0.25) is 0 Å². The number of hydrogen-bond acceptors (Lipinski definition) is 7. The lowest BCUT2D eigenvalue weighted by atomic mass is 9.98. The number of rotatable bonds is 11. The molecule has 2 aliphatic heterocycles. The molecule has 0 spiro atoms. The lowest BCUT2D eigenvalue weighted by Gasteiger charge is -2.30. The molecule has 1 amide bonds. The quantitative estimate of drug-likeness (QED) is 0.460. The molecule has 202 valence electrons. The van der Waals surface area contributed by atoms with Gasteiger partial charge in [0.05, 0.1) is 6.61 Å². The van der Waals surface area contributed by atoms with Crippen LogP contribution in [-0.4, -0.2) is 65.4 Å². The van der Waals surface area contributed by atoms with Gasteiger partial charge in [-0.1, -0.05) is 44.1 Å². The van der Waals surface area contributed by atoms with Crippen molar-refractivity contribution >= 4 is 17.5 Å². The van der Waals surface area contributed by atoms with Gasteiger partial charge in [0.15, 0.2) is 5.82 Å². The van der Waals surface area contributed by atoms with Crippen molar-refractivity contribution in [2.45, 2.75) is 65.2 Å². The number of allylic oxidation sites excluding steroid dienone is 2. The molecule has 1 aromatic carbocycles. The highest BCUT2D eigenvalue weighted by molar-refractivity contribution is 5.77. The molecule has 2 fully saturated rings. The SMILES string of the molecule is CC/C(=C\CCC(=O)N1CC[C@@H](CO)C1)c1ccc(OCC2CCN(c3nc(C(C)C)no3)CC2)cc1. The average Bonchev–Trinajstić information content (AvgIpc) is 3.61. The molecule has 8 heteroatoms. The summed E-state index contributed by atoms with van der Waals surface area (Å²) in [5, 5.41) is 13.4. The van der Waals surface area contributed by atoms with Crippen LogP contribution in [0.1, 0.15) is 76.6 Å². The maximum Gasteiger partial charge on any atom is 0.324 e. The molecule has 8 nitrogen and oxygen atoms in total. The van der Waals surface area contributed by atoms with E-state index in [9.17, 15) is 9.90 Å². The summed E-state index contributed by atoms with van der Waals surface area (Å²) in [6, 6.07) is 8.95. The first-order valence-electron chi connectivity index (χ1n) is 13.9. The number of anilines is 1. The second kappa shape index (κ2) is 13.1. The Morgan fingerprint density at radius 2 is 1.89 bits per heavy atom.